The van der Waals surface area contributed by atoms with Crippen LogP contribution in [0, 0.1) is 11.3 Å². The van der Waals surface area contributed by atoms with Crippen molar-refractivity contribution >= 4 is 27.7 Å². The first-order chi connectivity index (χ1) is 14.0. The van der Waals surface area contributed by atoms with Crippen molar-refractivity contribution in [3.05, 3.63) is 35.7 Å². The quantitative estimate of drug-likeness (QED) is 0.628. The van der Waals surface area contributed by atoms with Gasteiger partial charge in [-0.1, -0.05) is 23.9 Å². The number of carbonyl (C=O) groups is 1. The highest BCUT2D eigenvalue weighted by Gasteiger charge is 2.32. The highest BCUT2D eigenvalue weighted by molar-refractivity contribution is 7.99. The van der Waals surface area contributed by atoms with E-state index in [9.17, 15) is 18.5 Å². The first-order valence-electron chi connectivity index (χ1n) is 9.22. The number of thioether (sulfide) groups is 1. The maximum Gasteiger partial charge on any atom is 0.277 e. The summed E-state index contributed by atoms with van der Waals surface area (Å²) in [5.74, 6) is 1.07. The lowest BCUT2D eigenvalue weighted by atomic mass is 10.2. The summed E-state index contributed by atoms with van der Waals surface area (Å²) in [5, 5.41) is 17.5. The molecule has 29 heavy (non-hydrogen) atoms. The Labute approximate surface area is 172 Å². The molecule has 2 aliphatic rings. The fraction of sp³-hybridized carbons (Fsp3) is 0.444. The Balaban J connectivity index is 1.32. The molecule has 152 valence electrons. The fourth-order valence-electron chi connectivity index (χ4n) is 3.09. The Morgan fingerprint density at radius 3 is 2.62 bits per heavy atom. The first kappa shape index (κ1) is 19.9. The molecule has 0 N–H and O–H groups in total. The zero-order valence-corrected chi connectivity index (χ0v) is 17.2. The summed E-state index contributed by atoms with van der Waals surface area (Å²) in [4.78, 5) is 14.1. The summed E-state index contributed by atoms with van der Waals surface area (Å²) in [6.07, 6.45) is 2.13. The van der Waals surface area contributed by atoms with E-state index in [1.54, 1.807) is 17.0 Å². The van der Waals surface area contributed by atoms with Gasteiger partial charge in [-0.25, -0.2) is 8.42 Å². The van der Waals surface area contributed by atoms with Crippen LogP contribution in [-0.2, 0) is 14.8 Å². The van der Waals surface area contributed by atoms with Gasteiger partial charge in [-0.3, -0.25) is 4.79 Å². The summed E-state index contributed by atoms with van der Waals surface area (Å²) in [6, 6.07) is 8.06. The Hall–Kier alpha value is -2.42. The van der Waals surface area contributed by atoms with Gasteiger partial charge < -0.3 is 9.32 Å². The molecule has 0 atom stereocenters. The maximum atomic E-state index is 12.9. The van der Waals surface area contributed by atoms with Crippen molar-refractivity contribution in [2.75, 3.05) is 31.9 Å². The molecule has 0 radical (unpaired) electrons. The molecule has 0 spiro atoms. The number of nitrogens with zero attached hydrogens (tertiary/aromatic N) is 5. The number of hydrogen-bond donors (Lipinski definition) is 0. The van der Waals surface area contributed by atoms with Crippen LogP contribution in [0.5, 0.6) is 0 Å². The summed E-state index contributed by atoms with van der Waals surface area (Å²) in [7, 11) is -3.77. The van der Waals surface area contributed by atoms with Crippen molar-refractivity contribution < 1.29 is 17.6 Å². The summed E-state index contributed by atoms with van der Waals surface area (Å²) >= 11 is 1.20. The van der Waals surface area contributed by atoms with E-state index in [-0.39, 0.29) is 35.2 Å². The minimum atomic E-state index is -3.77. The second-order valence-corrected chi connectivity index (χ2v) is 9.69. The van der Waals surface area contributed by atoms with Gasteiger partial charge in [-0.2, -0.15) is 9.57 Å². The number of hydrogen-bond acceptors (Lipinski definition) is 8. The average molecular weight is 434 g/mol. The zero-order valence-electron chi connectivity index (χ0n) is 15.5. The van der Waals surface area contributed by atoms with Crippen LogP contribution >= 0.6 is 11.8 Å². The minimum absolute atomic E-state index is 0.000641. The summed E-state index contributed by atoms with van der Waals surface area (Å²) in [6.45, 7) is 0.963. The van der Waals surface area contributed by atoms with Crippen LogP contribution in [0.2, 0.25) is 0 Å². The van der Waals surface area contributed by atoms with E-state index in [0.29, 0.717) is 30.1 Å². The molecule has 0 unspecified atom stereocenters. The van der Waals surface area contributed by atoms with Crippen LogP contribution < -0.4 is 0 Å². The molecule has 1 aliphatic heterocycles. The van der Waals surface area contributed by atoms with Gasteiger partial charge in [0.15, 0.2) is 0 Å². The minimum Gasteiger partial charge on any atom is -0.416 e. The van der Waals surface area contributed by atoms with Gasteiger partial charge in [0.25, 0.3) is 5.22 Å². The topological polar surface area (TPSA) is 120 Å². The second-order valence-electron chi connectivity index (χ2n) is 6.86. The average Bonchev–Trinajstić information content (AvgIpc) is 3.50. The Morgan fingerprint density at radius 2 is 1.93 bits per heavy atom. The number of nitriles is 1. The lowest BCUT2D eigenvalue weighted by Crippen LogP contribution is -2.51. The molecule has 9 nitrogen and oxygen atoms in total. The Kier molecular flexibility index (Phi) is 5.58. The lowest BCUT2D eigenvalue weighted by molar-refractivity contribution is -0.129. The van der Waals surface area contributed by atoms with Gasteiger partial charge in [0.1, 0.15) is 6.07 Å². The number of amides is 1. The predicted molar refractivity (Wildman–Crippen MR) is 103 cm³/mol. The third-order valence-electron chi connectivity index (χ3n) is 4.88. The normalized spacial score (nSPS) is 17.8. The Bertz CT molecular complexity index is 1050. The summed E-state index contributed by atoms with van der Waals surface area (Å²) < 4.78 is 32.6. The molecule has 2 heterocycles. The third-order valence-corrected chi connectivity index (χ3v) is 7.64. The standard InChI is InChI=1S/C18H19N5O4S2/c19-11-14-3-1-2-4-15(14)29(25,26)23-9-7-22(8-10-23)16(24)12-28-18-21-20-17(27-18)13-5-6-13/h1-4,13H,5-10,12H2. The van der Waals surface area contributed by atoms with Gasteiger partial charge in [-0.05, 0) is 25.0 Å². The predicted octanol–water partition coefficient (Wildman–Crippen LogP) is 1.44. The van der Waals surface area contributed by atoms with E-state index in [1.165, 1.54) is 28.2 Å². The first-order valence-corrected chi connectivity index (χ1v) is 11.6. The molecule has 2 aromatic rings. The van der Waals surface area contributed by atoms with Crippen LogP contribution in [0.4, 0.5) is 0 Å². The van der Waals surface area contributed by atoms with Crippen LogP contribution in [-0.4, -0.2) is 65.7 Å². The molecule has 0 bridgehead atoms. The van der Waals surface area contributed by atoms with Crippen LogP contribution in [0.15, 0.2) is 38.8 Å². The molecule has 1 aromatic carbocycles. The molecule has 11 heteroatoms. The number of aromatic nitrogens is 2. The lowest BCUT2D eigenvalue weighted by Gasteiger charge is -2.34. The van der Waals surface area contributed by atoms with E-state index in [2.05, 4.69) is 10.2 Å². The molecule has 4 rings (SSSR count). The zero-order chi connectivity index (χ0) is 20.4. The highest BCUT2D eigenvalue weighted by Crippen LogP contribution is 2.39. The number of rotatable bonds is 6. The van der Waals surface area contributed by atoms with Crippen molar-refractivity contribution in [2.45, 2.75) is 28.9 Å². The van der Waals surface area contributed by atoms with E-state index >= 15 is 0 Å². The number of carbonyl (C=O) groups excluding carboxylic acids is 1. The van der Waals surface area contributed by atoms with Crippen molar-refractivity contribution in [1.82, 2.24) is 19.4 Å². The monoisotopic (exact) mass is 433 g/mol. The van der Waals surface area contributed by atoms with Crippen molar-refractivity contribution in [2.24, 2.45) is 0 Å². The summed E-state index contributed by atoms with van der Waals surface area (Å²) in [5.41, 5.74) is 0.118. The molecule has 1 amide bonds. The molecular formula is C18H19N5O4S2. The fourth-order valence-corrected chi connectivity index (χ4v) is 5.33. The molecule has 2 fully saturated rings. The molecule has 1 aromatic heterocycles. The second kappa shape index (κ2) is 8.14. The van der Waals surface area contributed by atoms with E-state index < -0.39 is 10.0 Å². The van der Waals surface area contributed by atoms with Gasteiger partial charge in [0, 0.05) is 32.1 Å². The number of sulfonamides is 1. The van der Waals surface area contributed by atoms with Crippen LogP contribution in [0.3, 0.4) is 0 Å². The van der Waals surface area contributed by atoms with E-state index in [0.717, 1.165) is 12.8 Å². The third kappa shape index (κ3) is 4.29. The largest absolute Gasteiger partial charge is 0.416 e. The van der Waals surface area contributed by atoms with Crippen LogP contribution in [0.25, 0.3) is 0 Å². The van der Waals surface area contributed by atoms with Gasteiger partial charge in [0.05, 0.1) is 16.2 Å². The van der Waals surface area contributed by atoms with Gasteiger partial charge in [-0.15, -0.1) is 10.2 Å². The van der Waals surface area contributed by atoms with E-state index in [1.807, 2.05) is 6.07 Å². The van der Waals surface area contributed by atoms with E-state index in [4.69, 9.17) is 4.42 Å². The SMILES string of the molecule is N#Cc1ccccc1S(=O)(=O)N1CCN(C(=O)CSc2nnc(C3CC3)o2)CC1. The molecular weight excluding hydrogens is 414 g/mol. The number of benzene rings is 1. The number of piperazine rings is 1. The Morgan fingerprint density at radius 1 is 1.21 bits per heavy atom. The van der Waals surface area contributed by atoms with Gasteiger partial charge in [0.2, 0.25) is 21.8 Å². The van der Waals surface area contributed by atoms with Gasteiger partial charge >= 0.3 is 0 Å². The smallest absolute Gasteiger partial charge is 0.277 e. The van der Waals surface area contributed by atoms with Crippen molar-refractivity contribution in [3.63, 3.8) is 0 Å². The van der Waals surface area contributed by atoms with Crippen LogP contribution in [0.1, 0.15) is 30.2 Å². The molecule has 1 saturated carbocycles. The highest BCUT2D eigenvalue weighted by atomic mass is 32.2. The maximum absolute atomic E-state index is 12.9. The molecule has 1 aliphatic carbocycles. The van der Waals surface area contributed by atoms with Crippen molar-refractivity contribution in [1.29, 1.82) is 5.26 Å². The van der Waals surface area contributed by atoms with Crippen molar-refractivity contribution in [3.8, 4) is 6.07 Å². The molecule has 1 saturated heterocycles.